The van der Waals surface area contributed by atoms with Crippen LogP contribution in [0.1, 0.15) is 31.2 Å². The van der Waals surface area contributed by atoms with Crippen molar-refractivity contribution in [2.24, 2.45) is 5.41 Å². The second-order valence-corrected chi connectivity index (χ2v) is 13.1. The van der Waals surface area contributed by atoms with Gasteiger partial charge in [0.2, 0.25) is 0 Å². The zero-order chi connectivity index (χ0) is 19.3. The van der Waals surface area contributed by atoms with E-state index >= 15 is 0 Å². The van der Waals surface area contributed by atoms with Gasteiger partial charge in [-0.15, -0.1) is 5.54 Å². The van der Waals surface area contributed by atoms with Gasteiger partial charge in [0.05, 0.1) is 17.9 Å². The fourth-order valence-corrected chi connectivity index (χ4v) is 3.77. The second-order valence-electron chi connectivity index (χ2n) is 8.35. The summed E-state index contributed by atoms with van der Waals surface area (Å²) in [6.07, 6.45) is -1.38. The van der Waals surface area contributed by atoms with Crippen LogP contribution >= 0.6 is 0 Å². The van der Waals surface area contributed by atoms with E-state index < -0.39 is 31.9 Å². The minimum absolute atomic E-state index is 0.317. The number of fused-ring (bicyclic) bond motifs is 1. The Morgan fingerprint density at radius 3 is 2.69 bits per heavy atom. The summed E-state index contributed by atoms with van der Waals surface area (Å²) in [6.45, 7) is 9.67. The fourth-order valence-electron chi connectivity index (χ4n) is 3.26. The van der Waals surface area contributed by atoms with E-state index in [0.717, 1.165) is 0 Å². The van der Waals surface area contributed by atoms with Crippen LogP contribution in [0, 0.1) is 16.9 Å². The Morgan fingerprint density at radius 1 is 1.42 bits per heavy atom. The predicted molar refractivity (Wildman–Crippen MR) is 101 cm³/mol. The number of ether oxygens (including phenoxy) is 1. The molecule has 3 heterocycles. The Kier molecular flexibility index (Phi) is 4.59. The van der Waals surface area contributed by atoms with E-state index in [-0.39, 0.29) is 6.61 Å². The molecule has 2 aromatic rings. The largest absolute Gasteiger partial charge is 0.394 e. The van der Waals surface area contributed by atoms with Crippen molar-refractivity contribution in [3.63, 3.8) is 0 Å². The first-order valence-corrected chi connectivity index (χ1v) is 12.1. The van der Waals surface area contributed by atoms with Gasteiger partial charge in [-0.1, -0.05) is 39.4 Å². The first kappa shape index (κ1) is 18.8. The maximum Gasteiger partial charge on any atom is 0.152 e. The van der Waals surface area contributed by atoms with Crippen LogP contribution in [-0.2, 0) is 4.74 Å². The van der Waals surface area contributed by atoms with Gasteiger partial charge in [0.15, 0.2) is 5.82 Å². The molecule has 1 saturated heterocycles. The lowest BCUT2D eigenvalue weighted by atomic mass is 9.81. The van der Waals surface area contributed by atoms with Crippen molar-refractivity contribution in [1.29, 1.82) is 0 Å². The molecule has 1 aliphatic rings. The third kappa shape index (κ3) is 3.11. The summed E-state index contributed by atoms with van der Waals surface area (Å²) in [4.78, 5) is 4.07. The molecule has 0 amide bonds. The number of nitrogen functional groups attached to an aromatic ring is 1. The van der Waals surface area contributed by atoms with Crippen molar-refractivity contribution in [1.82, 2.24) is 14.6 Å². The Morgan fingerprint density at radius 2 is 2.12 bits per heavy atom. The smallest absolute Gasteiger partial charge is 0.152 e. The highest BCUT2D eigenvalue weighted by Gasteiger charge is 2.52. The van der Waals surface area contributed by atoms with Crippen molar-refractivity contribution in [2.45, 2.75) is 51.9 Å². The molecule has 26 heavy (non-hydrogen) atoms. The molecule has 0 unspecified atom stereocenters. The number of hydrogen-bond acceptors (Lipinski definition) is 5. The van der Waals surface area contributed by atoms with Gasteiger partial charge in [0.25, 0.3) is 0 Å². The predicted octanol–water partition coefficient (Wildman–Crippen LogP) is 2.34. The van der Waals surface area contributed by atoms with Crippen LogP contribution in [0.3, 0.4) is 0 Å². The van der Waals surface area contributed by atoms with Crippen molar-refractivity contribution >= 4 is 19.4 Å². The third-order valence-electron chi connectivity index (χ3n) is 4.65. The molecule has 2 aromatic heterocycles. The average molecular weight is 377 g/mol. The van der Waals surface area contributed by atoms with Gasteiger partial charge < -0.3 is 15.6 Å². The lowest BCUT2D eigenvalue weighted by Gasteiger charge is -2.26. The van der Waals surface area contributed by atoms with Gasteiger partial charge in [0.1, 0.15) is 38.3 Å². The molecule has 0 aromatic carbocycles. The van der Waals surface area contributed by atoms with Crippen LogP contribution in [0.2, 0.25) is 19.6 Å². The SMILES string of the molecule is CC1(C)[C@H](F)[C@@H](CO)O[C@H]1c1cc(C#C[Si](C)(C)C)c2c(N)ncnn12. The molecule has 1 aliphatic heterocycles. The van der Waals surface area contributed by atoms with Gasteiger partial charge in [-0.2, -0.15) is 5.10 Å². The zero-order valence-corrected chi connectivity index (χ0v) is 16.7. The van der Waals surface area contributed by atoms with Crippen LogP contribution in [0.5, 0.6) is 0 Å². The maximum absolute atomic E-state index is 14.7. The van der Waals surface area contributed by atoms with E-state index in [2.05, 4.69) is 41.2 Å². The number of nitrogens with zero attached hydrogens (tertiary/aromatic N) is 3. The van der Waals surface area contributed by atoms with Crippen LogP contribution in [0.4, 0.5) is 10.2 Å². The molecule has 140 valence electrons. The number of hydrogen-bond donors (Lipinski definition) is 2. The minimum Gasteiger partial charge on any atom is -0.394 e. The first-order chi connectivity index (χ1) is 12.1. The van der Waals surface area contributed by atoms with Gasteiger partial charge >= 0.3 is 0 Å². The number of aliphatic hydroxyl groups excluding tert-OH is 1. The molecule has 3 rings (SSSR count). The molecule has 0 saturated carbocycles. The third-order valence-corrected chi connectivity index (χ3v) is 5.53. The molecule has 1 fully saturated rings. The maximum atomic E-state index is 14.7. The Balaban J connectivity index is 2.19. The van der Waals surface area contributed by atoms with E-state index in [9.17, 15) is 9.50 Å². The first-order valence-electron chi connectivity index (χ1n) is 8.62. The molecule has 0 radical (unpaired) electrons. The van der Waals surface area contributed by atoms with Crippen molar-refractivity contribution in [3.8, 4) is 11.5 Å². The molecule has 8 heteroatoms. The molecule has 0 aliphatic carbocycles. The number of aliphatic hydroxyl groups is 1. The number of alkyl halides is 1. The van der Waals surface area contributed by atoms with Crippen molar-refractivity contribution in [2.75, 3.05) is 12.3 Å². The number of aromatic nitrogens is 3. The number of anilines is 1. The highest BCUT2D eigenvalue weighted by atomic mass is 28.3. The Bertz CT molecular complexity index is 894. The monoisotopic (exact) mass is 376 g/mol. The van der Waals surface area contributed by atoms with Gasteiger partial charge in [-0.3, -0.25) is 0 Å². The summed E-state index contributed by atoms with van der Waals surface area (Å²) in [5, 5.41) is 13.7. The van der Waals surface area contributed by atoms with E-state index in [1.807, 2.05) is 6.07 Å². The second kappa shape index (κ2) is 6.34. The molecule has 3 atom stereocenters. The van der Waals surface area contributed by atoms with E-state index in [0.29, 0.717) is 22.6 Å². The molecular formula is C18H25FN4O2Si. The molecule has 0 spiro atoms. The summed E-state index contributed by atoms with van der Waals surface area (Å²) in [5.41, 5.74) is 10.5. The van der Waals surface area contributed by atoms with Crippen LogP contribution in [0.15, 0.2) is 12.4 Å². The van der Waals surface area contributed by atoms with E-state index in [1.165, 1.54) is 6.33 Å². The zero-order valence-electron chi connectivity index (χ0n) is 15.7. The highest BCUT2D eigenvalue weighted by molar-refractivity contribution is 6.83. The van der Waals surface area contributed by atoms with E-state index in [1.54, 1.807) is 18.4 Å². The standard InChI is InChI=1S/C18H25FN4O2Si/c1-18(2)15(19)13(9-24)25-16(18)12-8-11(6-7-26(3,4)5)14-17(20)21-10-22-23(12)14/h8,10,13,15-16,24H,9H2,1-5H3,(H2,20,21,22)/t13-,15-,16+/m1/s1. The Hall–Kier alpha value is -1.95. The fraction of sp³-hybridized carbons (Fsp3) is 0.556. The molecule has 0 bridgehead atoms. The molecule has 6 nitrogen and oxygen atoms in total. The number of nitrogens with two attached hydrogens (primary N) is 1. The van der Waals surface area contributed by atoms with Gasteiger partial charge in [-0.25, -0.2) is 13.9 Å². The summed E-state index contributed by atoms with van der Waals surface area (Å²) >= 11 is 0. The van der Waals surface area contributed by atoms with Crippen LogP contribution in [-0.4, -0.2) is 46.7 Å². The normalized spacial score (nSPS) is 25.3. The average Bonchev–Trinajstić information content (AvgIpc) is 3.02. The summed E-state index contributed by atoms with van der Waals surface area (Å²) in [7, 11) is -1.60. The van der Waals surface area contributed by atoms with Crippen molar-refractivity contribution < 1.29 is 14.2 Å². The van der Waals surface area contributed by atoms with Crippen molar-refractivity contribution in [3.05, 3.63) is 23.7 Å². The minimum atomic E-state index is -1.60. The topological polar surface area (TPSA) is 85.7 Å². The van der Waals surface area contributed by atoms with Gasteiger partial charge in [0, 0.05) is 5.41 Å². The molecular weight excluding hydrogens is 351 g/mol. The lowest BCUT2D eigenvalue weighted by Crippen LogP contribution is -2.31. The summed E-state index contributed by atoms with van der Waals surface area (Å²) < 4.78 is 22.2. The molecule has 3 N–H and O–H groups in total. The highest BCUT2D eigenvalue weighted by Crippen LogP contribution is 2.49. The van der Waals surface area contributed by atoms with Crippen LogP contribution in [0.25, 0.3) is 5.52 Å². The quantitative estimate of drug-likeness (QED) is 0.621. The van der Waals surface area contributed by atoms with E-state index in [4.69, 9.17) is 10.5 Å². The number of halogens is 1. The summed E-state index contributed by atoms with van der Waals surface area (Å²) in [6, 6.07) is 1.85. The van der Waals surface area contributed by atoms with Crippen LogP contribution < -0.4 is 5.73 Å². The summed E-state index contributed by atoms with van der Waals surface area (Å²) in [5.74, 6) is 3.53. The van der Waals surface area contributed by atoms with Gasteiger partial charge in [-0.05, 0) is 6.07 Å². The Labute approximate surface area is 153 Å². The number of rotatable bonds is 2. The lowest BCUT2D eigenvalue weighted by molar-refractivity contribution is -0.0142.